The summed E-state index contributed by atoms with van der Waals surface area (Å²) in [7, 11) is 0. The molecule has 3 rings (SSSR count). The first-order valence-corrected chi connectivity index (χ1v) is 10.0. The molecule has 1 fully saturated rings. The lowest BCUT2D eigenvalue weighted by molar-refractivity contribution is -0.137. The number of hydrogen-bond donors (Lipinski definition) is 1. The Labute approximate surface area is 174 Å². The van der Waals surface area contributed by atoms with Crippen molar-refractivity contribution in [2.24, 2.45) is 0 Å². The Morgan fingerprint density at radius 1 is 1.00 bits per heavy atom. The van der Waals surface area contributed by atoms with E-state index in [2.05, 4.69) is 19.2 Å². The summed E-state index contributed by atoms with van der Waals surface area (Å²) in [5.41, 5.74) is 0.446. The Morgan fingerprint density at radius 3 is 2.17 bits per heavy atom. The number of carbonyl (C=O) groups is 2. The molecular formula is C23H25F3N2O2. The second kappa shape index (κ2) is 8.90. The highest BCUT2D eigenvalue weighted by molar-refractivity contribution is 5.96. The van der Waals surface area contributed by atoms with Gasteiger partial charge in [0, 0.05) is 24.7 Å². The minimum atomic E-state index is -4.59. The highest BCUT2D eigenvalue weighted by Gasteiger charge is 2.35. The zero-order chi connectivity index (χ0) is 21.9. The molecule has 160 valence electrons. The second-order valence-corrected chi connectivity index (χ2v) is 7.86. The molecule has 0 unspecified atom stereocenters. The number of hydrogen-bond acceptors (Lipinski definition) is 2. The average molecular weight is 418 g/mol. The van der Waals surface area contributed by atoms with Crippen molar-refractivity contribution in [2.45, 2.75) is 44.8 Å². The maximum absolute atomic E-state index is 13.1. The van der Waals surface area contributed by atoms with Crippen molar-refractivity contribution in [3.05, 3.63) is 70.8 Å². The minimum absolute atomic E-state index is 0.0718. The van der Waals surface area contributed by atoms with Crippen LogP contribution in [0, 0.1) is 0 Å². The van der Waals surface area contributed by atoms with Crippen LogP contribution < -0.4 is 5.32 Å². The topological polar surface area (TPSA) is 49.4 Å². The van der Waals surface area contributed by atoms with Gasteiger partial charge in [-0.05, 0) is 48.6 Å². The number of nitrogens with one attached hydrogen (secondary N) is 1. The third kappa shape index (κ3) is 5.01. The van der Waals surface area contributed by atoms with Crippen LogP contribution in [0.4, 0.5) is 13.2 Å². The summed E-state index contributed by atoms with van der Waals surface area (Å²) in [6.45, 7) is 5.05. The van der Waals surface area contributed by atoms with Crippen LogP contribution in [0.1, 0.15) is 64.4 Å². The number of benzene rings is 2. The quantitative estimate of drug-likeness (QED) is 0.771. The molecule has 0 spiro atoms. The van der Waals surface area contributed by atoms with Crippen LogP contribution in [0.25, 0.3) is 0 Å². The van der Waals surface area contributed by atoms with E-state index in [9.17, 15) is 22.8 Å². The molecule has 1 saturated heterocycles. The highest BCUT2D eigenvalue weighted by atomic mass is 19.4. The van der Waals surface area contributed by atoms with Crippen molar-refractivity contribution < 1.29 is 22.8 Å². The van der Waals surface area contributed by atoms with Crippen LogP contribution in [0.2, 0.25) is 0 Å². The number of alkyl halides is 3. The average Bonchev–Trinajstić information content (AvgIpc) is 2.73. The van der Waals surface area contributed by atoms with Gasteiger partial charge in [0.05, 0.1) is 11.1 Å². The summed E-state index contributed by atoms with van der Waals surface area (Å²) >= 11 is 0. The molecule has 0 aromatic heterocycles. The zero-order valence-electron chi connectivity index (χ0n) is 17.0. The van der Waals surface area contributed by atoms with Crippen LogP contribution in [0.5, 0.6) is 0 Å². The van der Waals surface area contributed by atoms with E-state index in [0.29, 0.717) is 37.4 Å². The van der Waals surface area contributed by atoms with E-state index >= 15 is 0 Å². The molecule has 0 radical (unpaired) electrons. The fourth-order valence-electron chi connectivity index (χ4n) is 3.61. The van der Waals surface area contributed by atoms with E-state index in [0.717, 1.165) is 11.6 Å². The summed E-state index contributed by atoms with van der Waals surface area (Å²) in [6.07, 6.45) is -3.60. The second-order valence-electron chi connectivity index (χ2n) is 7.86. The molecule has 30 heavy (non-hydrogen) atoms. The summed E-state index contributed by atoms with van der Waals surface area (Å²) in [5, 5.41) is 2.69. The van der Waals surface area contributed by atoms with Crippen molar-refractivity contribution in [1.29, 1.82) is 0 Å². The zero-order valence-corrected chi connectivity index (χ0v) is 17.0. The Morgan fingerprint density at radius 2 is 1.60 bits per heavy atom. The van der Waals surface area contributed by atoms with E-state index < -0.39 is 17.6 Å². The summed E-state index contributed by atoms with van der Waals surface area (Å²) in [6, 6.07) is 12.0. The standard InChI is InChI=1S/C23H25F3N2O2/c1-15(2)16-7-9-17(10-8-16)22(30)28-13-11-18(12-14-28)27-21(29)19-5-3-4-6-20(19)23(24,25)26/h3-10,15,18H,11-14H2,1-2H3,(H,27,29). The van der Waals surface area contributed by atoms with Gasteiger partial charge < -0.3 is 10.2 Å². The predicted octanol–water partition coefficient (Wildman–Crippen LogP) is 4.86. The van der Waals surface area contributed by atoms with E-state index in [-0.39, 0.29) is 17.5 Å². The van der Waals surface area contributed by atoms with E-state index in [1.54, 1.807) is 4.90 Å². The van der Waals surface area contributed by atoms with Gasteiger partial charge in [0.2, 0.25) is 0 Å². The van der Waals surface area contributed by atoms with E-state index in [4.69, 9.17) is 0 Å². The molecule has 2 aromatic carbocycles. The first-order chi connectivity index (χ1) is 14.2. The van der Waals surface area contributed by atoms with Crippen LogP contribution in [-0.2, 0) is 6.18 Å². The number of rotatable bonds is 4. The Kier molecular flexibility index (Phi) is 6.48. The smallest absolute Gasteiger partial charge is 0.349 e. The highest BCUT2D eigenvalue weighted by Crippen LogP contribution is 2.32. The minimum Gasteiger partial charge on any atom is -0.349 e. The molecule has 0 saturated carbocycles. The largest absolute Gasteiger partial charge is 0.417 e. The molecule has 1 heterocycles. The number of likely N-dealkylation sites (tertiary alicyclic amines) is 1. The molecule has 7 heteroatoms. The van der Waals surface area contributed by atoms with Crippen LogP contribution >= 0.6 is 0 Å². The van der Waals surface area contributed by atoms with Crippen LogP contribution in [0.3, 0.4) is 0 Å². The van der Waals surface area contributed by atoms with Gasteiger partial charge in [-0.15, -0.1) is 0 Å². The molecule has 1 N–H and O–H groups in total. The van der Waals surface area contributed by atoms with Gasteiger partial charge >= 0.3 is 6.18 Å². The fourth-order valence-corrected chi connectivity index (χ4v) is 3.61. The summed E-state index contributed by atoms with van der Waals surface area (Å²) in [4.78, 5) is 26.8. The SMILES string of the molecule is CC(C)c1ccc(C(=O)N2CCC(NC(=O)c3ccccc3C(F)(F)F)CC2)cc1. The normalized spacial score (nSPS) is 15.3. The number of amides is 2. The van der Waals surface area contributed by atoms with Crippen molar-refractivity contribution in [2.75, 3.05) is 13.1 Å². The molecule has 1 aliphatic rings. The molecule has 0 atom stereocenters. The molecule has 4 nitrogen and oxygen atoms in total. The number of piperidine rings is 1. The maximum Gasteiger partial charge on any atom is 0.417 e. The lowest BCUT2D eigenvalue weighted by atomic mass is 10.00. The first-order valence-electron chi connectivity index (χ1n) is 10.0. The molecule has 1 aliphatic heterocycles. The van der Waals surface area contributed by atoms with Crippen molar-refractivity contribution in [3.63, 3.8) is 0 Å². The van der Waals surface area contributed by atoms with Crippen LogP contribution in [0.15, 0.2) is 48.5 Å². The lowest BCUT2D eigenvalue weighted by Gasteiger charge is -2.32. The molecule has 0 bridgehead atoms. The number of halogens is 3. The predicted molar refractivity (Wildman–Crippen MR) is 108 cm³/mol. The number of nitrogens with zero attached hydrogens (tertiary/aromatic N) is 1. The van der Waals surface area contributed by atoms with Gasteiger partial charge in [-0.25, -0.2) is 0 Å². The molecular weight excluding hydrogens is 393 g/mol. The van der Waals surface area contributed by atoms with Gasteiger partial charge in [0.15, 0.2) is 0 Å². The van der Waals surface area contributed by atoms with E-state index in [1.807, 2.05) is 24.3 Å². The summed E-state index contributed by atoms with van der Waals surface area (Å²) in [5.74, 6) is -0.425. The monoisotopic (exact) mass is 418 g/mol. The van der Waals surface area contributed by atoms with Crippen molar-refractivity contribution in [1.82, 2.24) is 10.2 Å². The number of carbonyl (C=O) groups excluding carboxylic acids is 2. The van der Waals surface area contributed by atoms with Gasteiger partial charge in [-0.2, -0.15) is 13.2 Å². The van der Waals surface area contributed by atoms with Crippen molar-refractivity contribution in [3.8, 4) is 0 Å². The maximum atomic E-state index is 13.1. The fraction of sp³-hybridized carbons (Fsp3) is 0.391. The van der Waals surface area contributed by atoms with Gasteiger partial charge in [0.25, 0.3) is 11.8 Å². The van der Waals surface area contributed by atoms with Gasteiger partial charge in [-0.1, -0.05) is 38.1 Å². The van der Waals surface area contributed by atoms with E-state index in [1.165, 1.54) is 18.2 Å². The van der Waals surface area contributed by atoms with Crippen LogP contribution in [-0.4, -0.2) is 35.8 Å². The van der Waals surface area contributed by atoms with Gasteiger partial charge in [-0.3, -0.25) is 9.59 Å². The van der Waals surface area contributed by atoms with Gasteiger partial charge in [0.1, 0.15) is 0 Å². The Balaban J connectivity index is 1.58. The lowest BCUT2D eigenvalue weighted by Crippen LogP contribution is -2.46. The first kappa shape index (κ1) is 21.9. The molecule has 2 amide bonds. The van der Waals surface area contributed by atoms with Crippen molar-refractivity contribution >= 4 is 11.8 Å². The third-order valence-corrected chi connectivity index (χ3v) is 5.42. The summed E-state index contributed by atoms with van der Waals surface area (Å²) < 4.78 is 39.4. The Hall–Kier alpha value is -2.83. The Bertz CT molecular complexity index is 899. The third-order valence-electron chi connectivity index (χ3n) is 5.42. The molecule has 0 aliphatic carbocycles. The molecule has 2 aromatic rings.